The summed E-state index contributed by atoms with van der Waals surface area (Å²) in [6.07, 6.45) is 12.5. The van der Waals surface area contributed by atoms with Crippen molar-refractivity contribution in [2.24, 2.45) is 0 Å². The molecule has 4 N–H and O–H groups in total. The fourth-order valence-electron chi connectivity index (χ4n) is 2.40. The molecule has 1 amide bonds. The number of hydrogen-bond acceptors (Lipinski definition) is 4. The normalized spacial score (nSPS) is 11.6. The lowest BCUT2D eigenvalue weighted by atomic mass is 10.0. The smallest absolute Gasteiger partial charge is 0.220 e. The van der Waals surface area contributed by atoms with Crippen molar-refractivity contribution in [1.29, 1.82) is 0 Å². The van der Waals surface area contributed by atoms with E-state index >= 15 is 0 Å². The molecule has 5 nitrogen and oxygen atoms in total. The van der Waals surface area contributed by atoms with E-state index in [1.807, 2.05) is 0 Å². The Morgan fingerprint density at radius 2 is 1.18 bits per heavy atom. The highest BCUT2D eigenvalue weighted by molar-refractivity contribution is 5.76. The largest absolute Gasteiger partial charge is 0.394 e. The zero-order valence-electron chi connectivity index (χ0n) is 14.1. The van der Waals surface area contributed by atoms with Crippen LogP contribution in [-0.2, 0) is 4.79 Å². The summed E-state index contributed by atoms with van der Waals surface area (Å²) in [6, 6.07) is 0. The minimum Gasteiger partial charge on any atom is -0.394 e. The van der Waals surface area contributed by atoms with E-state index in [9.17, 15) is 4.79 Å². The topological polar surface area (TPSA) is 89.8 Å². The lowest BCUT2D eigenvalue weighted by Gasteiger charge is -2.28. The van der Waals surface area contributed by atoms with Gasteiger partial charge in [0.05, 0.1) is 19.8 Å². The lowest BCUT2D eigenvalue weighted by Crippen LogP contribution is -2.57. The summed E-state index contributed by atoms with van der Waals surface area (Å²) in [5.74, 6) is -0.225. The van der Waals surface area contributed by atoms with Gasteiger partial charge in [-0.05, 0) is 6.42 Å². The van der Waals surface area contributed by atoms with Crippen LogP contribution in [0.25, 0.3) is 0 Å². The summed E-state index contributed by atoms with van der Waals surface area (Å²) in [7, 11) is 0. The van der Waals surface area contributed by atoms with Gasteiger partial charge >= 0.3 is 0 Å². The molecule has 0 bridgehead atoms. The van der Waals surface area contributed by atoms with E-state index in [0.29, 0.717) is 6.42 Å². The van der Waals surface area contributed by atoms with Crippen LogP contribution < -0.4 is 5.32 Å². The molecule has 5 heteroatoms. The third-order valence-electron chi connectivity index (χ3n) is 4.07. The molecule has 0 fully saturated rings. The van der Waals surface area contributed by atoms with Crippen molar-refractivity contribution in [1.82, 2.24) is 5.32 Å². The van der Waals surface area contributed by atoms with Gasteiger partial charge in [0.1, 0.15) is 5.54 Å². The minimum absolute atomic E-state index is 0.225. The number of carbonyl (C=O) groups is 1. The average Bonchev–Trinajstić information content (AvgIpc) is 2.54. The molecular formula is C17H35NO4. The molecule has 0 aliphatic carbocycles. The molecule has 0 heterocycles. The van der Waals surface area contributed by atoms with Gasteiger partial charge in [-0.15, -0.1) is 0 Å². The first-order valence-corrected chi connectivity index (χ1v) is 8.77. The van der Waals surface area contributed by atoms with Crippen molar-refractivity contribution >= 4 is 5.91 Å². The number of carbonyl (C=O) groups excluding carboxylic acids is 1. The van der Waals surface area contributed by atoms with Crippen LogP contribution in [0.3, 0.4) is 0 Å². The van der Waals surface area contributed by atoms with Crippen molar-refractivity contribution in [3.05, 3.63) is 0 Å². The standard InChI is InChI=1S/C17H35NO4/c1-2-3-4-5-6-7-8-9-10-11-12-16(22)18-17(13-19,14-20)15-21/h19-21H,2-15H2,1H3,(H,18,22). The van der Waals surface area contributed by atoms with Crippen molar-refractivity contribution in [2.45, 2.75) is 83.1 Å². The second-order valence-electron chi connectivity index (χ2n) is 6.23. The molecule has 0 atom stereocenters. The first-order chi connectivity index (χ1) is 10.6. The maximum Gasteiger partial charge on any atom is 0.220 e. The van der Waals surface area contributed by atoms with E-state index in [1.165, 1.54) is 44.9 Å². The molecule has 0 radical (unpaired) electrons. The molecule has 0 spiro atoms. The molecule has 0 aliphatic heterocycles. The summed E-state index contributed by atoms with van der Waals surface area (Å²) >= 11 is 0. The Hall–Kier alpha value is -0.650. The van der Waals surface area contributed by atoms with Crippen LogP contribution in [-0.4, -0.2) is 46.6 Å². The fourth-order valence-corrected chi connectivity index (χ4v) is 2.40. The van der Waals surface area contributed by atoms with Crippen molar-refractivity contribution in [3.8, 4) is 0 Å². The average molecular weight is 317 g/mol. The molecule has 0 unspecified atom stereocenters. The molecule has 0 aromatic carbocycles. The Labute approximate surface area is 135 Å². The van der Waals surface area contributed by atoms with Gasteiger partial charge < -0.3 is 20.6 Å². The van der Waals surface area contributed by atoms with Gasteiger partial charge in [-0.3, -0.25) is 4.79 Å². The fraction of sp³-hybridized carbons (Fsp3) is 0.941. The maximum absolute atomic E-state index is 11.7. The third-order valence-corrected chi connectivity index (χ3v) is 4.07. The van der Waals surface area contributed by atoms with E-state index in [2.05, 4.69) is 12.2 Å². The van der Waals surface area contributed by atoms with Crippen molar-refractivity contribution < 1.29 is 20.1 Å². The lowest BCUT2D eigenvalue weighted by molar-refractivity contribution is -0.125. The van der Waals surface area contributed by atoms with Gasteiger partial charge in [-0.25, -0.2) is 0 Å². The highest BCUT2D eigenvalue weighted by Crippen LogP contribution is 2.11. The Morgan fingerprint density at radius 3 is 1.59 bits per heavy atom. The van der Waals surface area contributed by atoms with E-state index in [0.717, 1.165) is 19.3 Å². The minimum atomic E-state index is -1.30. The molecular weight excluding hydrogens is 282 g/mol. The first-order valence-electron chi connectivity index (χ1n) is 8.77. The molecule has 0 aliphatic rings. The van der Waals surface area contributed by atoms with Gasteiger partial charge in [0.25, 0.3) is 0 Å². The predicted molar refractivity (Wildman–Crippen MR) is 88.6 cm³/mol. The molecule has 0 aromatic heterocycles. The van der Waals surface area contributed by atoms with Gasteiger partial charge in [0.15, 0.2) is 0 Å². The highest BCUT2D eigenvalue weighted by atomic mass is 16.3. The SMILES string of the molecule is CCCCCCCCCCCCC(=O)NC(CO)(CO)CO. The summed E-state index contributed by atoms with van der Waals surface area (Å²) in [4.78, 5) is 11.7. The van der Waals surface area contributed by atoms with E-state index in [1.54, 1.807) is 0 Å². The summed E-state index contributed by atoms with van der Waals surface area (Å²) in [6.45, 7) is 0.819. The Kier molecular flexibility index (Phi) is 13.6. The summed E-state index contributed by atoms with van der Waals surface area (Å²) in [5.41, 5.74) is -1.30. The Morgan fingerprint density at radius 1 is 0.773 bits per heavy atom. The van der Waals surface area contributed by atoms with Crippen LogP contribution in [0.1, 0.15) is 77.6 Å². The van der Waals surface area contributed by atoms with E-state index in [-0.39, 0.29) is 5.91 Å². The monoisotopic (exact) mass is 317 g/mol. The number of aliphatic hydroxyl groups excluding tert-OH is 3. The molecule has 132 valence electrons. The zero-order valence-corrected chi connectivity index (χ0v) is 14.1. The van der Waals surface area contributed by atoms with Crippen molar-refractivity contribution in [2.75, 3.05) is 19.8 Å². The van der Waals surface area contributed by atoms with Crippen LogP contribution in [0.5, 0.6) is 0 Å². The van der Waals surface area contributed by atoms with Crippen LogP contribution >= 0.6 is 0 Å². The van der Waals surface area contributed by atoms with E-state index < -0.39 is 25.4 Å². The number of aliphatic hydroxyl groups is 3. The highest BCUT2D eigenvalue weighted by Gasteiger charge is 2.29. The molecule has 0 aromatic rings. The van der Waals surface area contributed by atoms with Crippen LogP contribution in [0, 0.1) is 0 Å². The van der Waals surface area contributed by atoms with Gasteiger partial charge in [0, 0.05) is 6.42 Å². The summed E-state index contributed by atoms with van der Waals surface area (Å²) < 4.78 is 0. The maximum atomic E-state index is 11.7. The Bertz CT molecular complexity index is 259. The van der Waals surface area contributed by atoms with Crippen molar-refractivity contribution in [3.63, 3.8) is 0 Å². The quantitative estimate of drug-likeness (QED) is 0.348. The molecule has 0 rings (SSSR count). The molecule has 0 saturated heterocycles. The second-order valence-corrected chi connectivity index (χ2v) is 6.23. The van der Waals surface area contributed by atoms with E-state index in [4.69, 9.17) is 15.3 Å². The first kappa shape index (κ1) is 21.4. The zero-order chi connectivity index (χ0) is 16.7. The van der Waals surface area contributed by atoms with Crippen LogP contribution in [0.2, 0.25) is 0 Å². The third kappa shape index (κ3) is 10.1. The van der Waals surface area contributed by atoms with Crippen LogP contribution in [0.4, 0.5) is 0 Å². The number of nitrogens with one attached hydrogen (secondary N) is 1. The summed E-state index contributed by atoms with van der Waals surface area (Å²) in [5, 5.41) is 29.9. The van der Waals surface area contributed by atoms with Gasteiger partial charge in [-0.2, -0.15) is 0 Å². The molecule has 22 heavy (non-hydrogen) atoms. The second kappa shape index (κ2) is 14.0. The Balaban J connectivity index is 3.53. The van der Waals surface area contributed by atoms with Crippen LogP contribution in [0.15, 0.2) is 0 Å². The number of rotatable bonds is 15. The molecule has 0 saturated carbocycles. The number of amides is 1. The number of hydrogen-bond donors (Lipinski definition) is 4. The van der Waals surface area contributed by atoms with Gasteiger partial charge in [-0.1, -0.05) is 64.7 Å². The van der Waals surface area contributed by atoms with Gasteiger partial charge in [0.2, 0.25) is 5.91 Å². The predicted octanol–water partition coefficient (Wildman–Crippen LogP) is 2.13. The number of unbranched alkanes of at least 4 members (excludes halogenated alkanes) is 9.